The molecule has 50 valence electrons. The van der Waals surface area contributed by atoms with Crippen molar-refractivity contribution in [1.29, 1.82) is 0 Å². The molecule has 0 bridgehead atoms. The van der Waals surface area contributed by atoms with Crippen molar-refractivity contribution in [2.45, 2.75) is 32.3 Å². The SMILES string of the molecule is C[C@H](O)CCCCBr. The highest BCUT2D eigenvalue weighted by atomic mass is 79.9. The molecule has 2 heteroatoms. The molecule has 0 aliphatic carbocycles. The molecule has 0 rings (SSSR count). The van der Waals surface area contributed by atoms with Crippen LogP contribution in [0.15, 0.2) is 0 Å². The van der Waals surface area contributed by atoms with Crippen LogP contribution in [0.5, 0.6) is 0 Å². The minimum absolute atomic E-state index is 0.117. The largest absolute Gasteiger partial charge is 0.393 e. The smallest absolute Gasteiger partial charge is 0.0512 e. The van der Waals surface area contributed by atoms with Gasteiger partial charge in [-0.2, -0.15) is 0 Å². The summed E-state index contributed by atoms with van der Waals surface area (Å²) in [4.78, 5) is 0. The van der Waals surface area contributed by atoms with E-state index in [-0.39, 0.29) is 6.10 Å². The second-order valence-electron chi connectivity index (χ2n) is 2.03. The van der Waals surface area contributed by atoms with Crippen LogP contribution < -0.4 is 0 Å². The van der Waals surface area contributed by atoms with Crippen LogP contribution in [0.1, 0.15) is 26.2 Å². The van der Waals surface area contributed by atoms with Crippen molar-refractivity contribution in [2.24, 2.45) is 0 Å². The maximum absolute atomic E-state index is 8.76. The normalized spacial score (nSPS) is 13.9. The minimum Gasteiger partial charge on any atom is -0.393 e. The van der Waals surface area contributed by atoms with Gasteiger partial charge >= 0.3 is 0 Å². The summed E-state index contributed by atoms with van der Waals surface area (Å²) in [5.41, 5.74) is 0. The molecule has 0 aromatic carbocycles. The summed E-state index contributed by atoms with van der Waals surface area (Å²) in [6.07, 6.45) is 3.12. The molecule has 8 heavy (non-hydrogen) atoms. The van der Waals surface area contributed by atoms with Crippen LogP contribution in [-0.4, -0.2) is 16.5 Å². The number of aliphatic hydroxyl groups is 1. The molecule has 1 nitrogen and oxygen atoms in total. The first-order chi connectivity index (χ1) is 3.77. The summed E-state index contributed by atoms with van der Waals surface area (Å²) in [5.74, 6) is 0. The Bertz CT molecular complexity index is 45.8. The van der Waals surface area contributed by atoms with Gasteiger partial charge in [0.05, 0.1) is 6.10 Å². The van der Waals surface area contributed by atoms with Crippen molar-refractivity contribution >= 4 is 15.9 Å². The summed E-state index contributed by atoms with van der Waals surface area (Å²) in [7, 11) is 0. The van der Waals surface area contributed by atoms with Crippen molar-refractivity contribution in [1.82, 2.24) is 0 Å². The standard InChI is InChI=1S/C6H13BrO/c1-6(8)4-2-3-5-7/h6,8H,2-5H2,1H3/t6-/m0/s1. The zero-order valence-electron chi connectivity index (χ0n) is 5.23. The lowest BCUT2D eigenvalue weighted by molar-refractivity contribution is 0.181. The molecule has 0 saturated carbocycles. The number of halogens is 1. The Hall–Kier alpha value is 0.440. The molecule has 0 aliphatic heterocycles. The van der Waals surface area contributed by atoms with Crippen LogP contribution in [0.25, 0.3) is 0 Å². The zero-order chi connectivity index (χ0) is 6.41. The molecule has 1 N–H and O–H groups in total. The summed E-state index contributed by atoms with van der Waals surface area (Å²) in [6, 6.07) is 0. The molecule has 0 aliphatic rings. The molecule has 0 heterocycles. The van der Waals surface area contributed by atoms with E-state index < -0.39 is 0 Å². The van der Waals surface area contributed by atoms with Crippen molar-refractivity contribution in [3.05, 3.63) is 0 Å². The van der Waals surface area contributed by atoms with Crippen molar-refractivity contribution in [3.8, 4) is 0 Å². The van der Waals surface area contributed by atoms with Gasteiger partial charge in [0.2, 0.25) is 0 Å². The predicted molar refractivity (Wildman–Crippen MR) is 39.3 cm³/mol. The third-order valence-corrected chi connectivity index (χ3v) is 1.57. The highest BCUT2D eigenvalue weighted by Gasteiger charge is 1.92. The summed E-state index contributed by atoms with van der Waals surface area (Å²) < 4.78 is 0. The van der Waals surface area contributed by atoms with Crippen LogP contribution in [0.3, 0.4) is 0 Å². The Balaban J connectivity index is 2.72. The average Bonchev–Trinajstić information content (AvgIpc) is 1.66. The lowest BCUT2D eigenvalue weighted by Gasteiger charge is -1.99. The molecule has 0 saturated heterocycles. The van der Waals surface area contributed by atoms with E-state index in [9.17, 15) is 0 Å². The number of unbranched alkanes of at least 4 members (excludes halogenated alkanes) is 1. The van der Waals surface area contributed by atoms with Crippen molar-refractivity contribution < 1.29 is 5.11 Å². The Morgan fingerprint density at radius 2 is 2.12 bits per heavy atom. The minimum atomic E-state index is -0.117. The van der Waals surface area contributed by atoms with Crippen LogP contribution in [0.2, 0.25) is 0 Å². The Morgan fingerprint density at radius 3 is 2.50 bits per heavy atom. The fraction of sp³-hybridized carbons (Fsp3) is 1.00. The lowest BCUT2D eigenvalue weighted by Crippen LogP contribution is -1.98. The first-order valence-corrected chi connectivity index (χ1v) is 4.13. The summed E-state index contributed by atoms with van der Waals surface area (Å²) in [5, 5.41) is 9.82. The van der Waals surface area contributed by atoms with Crippen molar-refractivity contribution in [2.75, 3.05) is 5.33 Å². The van der Waals surface area contributed by atoms with Gasteiger partial charge in [0.15, 0.2) is 0 Å². The molecule has 0 amide bonds. The molecule has 0 aromatic heterocycles. The van der Waals surface area contributed by atoms with Gasteiger partial charge in [-0.1, -0.05) is 22.4 Å². The molecular weight excluding hydrogens is 168 g/mol. The number of hydrogen-bond acceptors (Lipinski definition) is 1. The predicted octanol–water partition coefficient (Wildman–Crippen LogP) is 1.93. The summed E-state index contributed by atoms with van der Waals surface area (Å²) in [6.45, 7) is 1.83. The first-order valence-electron chi connectivity index (χ1n) is 3.01. The van der Waals surface area contributed by atoms with E-state index in [0.717, 1.165) is 18.2 Å². The van der Waals surface area contributed by atoms with E-state index in [4.69, 9.17) is 5.11 Å². The van der Waals surface area contributed by atoms with Crippen molar-refractivity contribution in [3.63, 3.8) is 0 Å². The van der Waals surface area contributed by atoms with Crippen LogP contribution in [0.4, 0.5) is 0 Å². The Labute approximate surface area is 59.2 Å². The quantitative estimate of drug-likeness (QED) is 0.519. The number of aliphatic hydroxyl groups excluding tert-OH is 1. The Morgan fingerprint density at radius 1 is 1.50 bits per heavy atom. The molecule has 0 aromatic rings. The fourth-order valence-electron chi connectivity index (χ4n) is 0.534. The number of alkyl halides is 1. The second kappa shape index (κ2) is 5.57. The van der Waals surface area contributed by atoms with Gasteiger partial charge < -0.3 is 5.11 Å². The summed E-state index contributed by atoms with van der Waals surface area (Å²) >= 11 is 3.32. The number of rotatable bonds is 4. The fourth-order valence-corrected chi connectivity index (χ4v) is 0.931. The van der Waals surface area contributed by atoms with E-state index >= 15 is 0 Å². The molecular formula is C6H13BrO. The maximum Gasteiger partial charge on any atom is 0.0512 e. The van der Waals surface area contributed by atoms with E-state index in [0.29, 0.717) is 0 Å². The molecule has 1 atom stereocenters. The lowest BCUT2D eigenvalue weighted by atomic mass is 10.2. The van der Waals surface area contributed by atoms with Gasteiger partial charge in [-0.15, -0.1) is 0 Å². The van der Waals surface area contributed by atoms with E-state index in [1.807, 2.05) is 6.92 Å². The van der Waals surface area contributed by atoms with Gasteiger partial charge in [-0.3, -0.25) is 0 Å². The van der Waals surface area contributed by atoms with Crippen LogP contribution in [0, 0.1) is 0 Å². The third kappa shape index (κ3) is 6.44. The molecule has 0 spiro atoms. The van der Waals surface area contributed by atoms with Crippen LogP contribution >= 0.6 is 15.9 Å². The maximum atomic E-state index is 8.76. The van der Waals surface area contributed by atoms with E-state index in [2.05, 4.69) is 15.9 Å². The van der Waals surface area contributed by atoms with Gasteiger partial charge in [0, 0.05) is 5.33 Å². The van der Waals surface area contributed by atoms with E-state index in [1.54, 1.807) is 0 Å². The van der Waals surface area contributed by atoms with Crippen LogP contribution in [-0.2, 0) is 0 Å². The molecule has 0 fully saturated rings. The highest BCUT2D eigenvalue weighted by molar-refractivity contribution is 9.09. The molecule has 0 unspecified atom stereocenters. The highest BCUT2D eigenvalue weighted by Crippen LogP contribution is 2.01. The monoisotopic (exact) mass is 180 g/mol. The average molecular weight is 181 g/mol. The van der Waals surface area contributed by atoms with E-state index in [1.165, 1.54) is 6.42 Å². The van der Waals surface area contributed by atoms with Gasteiger partial charge in [-0.05, 0) is 19.8 Å². The molecule has 0 radical (unpaired) electrons. The van der Waals surface area contributed by atoms with Gasteiger partial charge in [0.25, 0.3) is 0 Å². The third-order valence-electron chi connectivity index (χ3n) is 1.01. The first kappa shape index (κ1) is 8.44. The Kier molecular flexibility index (Phi) is 5.88. The number of hydrogen-bond donors (Lipinski definition) is 1. The second-order valence-corrected chi connectivity index (χ2v) is 2.83. The van der Waals surface area contributed by atoms with Gasteiger partial charge in [0.1, 0.15) is 0 Å². The topological polar surface area (TPSA) is 20.2 Å². The van der Waals surface area contributed by atoms with Gasteiger partial charge in [-0.25, -0.2) is 0 Å². The zero-order valence-corrected chi connectivity index (χ0v) is 6.82.